The third-order valence-corrected chi connectivity index (χ3v) is 7.56. The number of rotatable bonds is 8. The minimum atomic E-state index is -0.269. The fourth-order valence-corrected chi connectivity index (χ4v) is 5.17. The molecular formula is C30H30N2O4S2. The summed E-state index contributed by atoms with van der Waals surface area (Å²) in [7, 11) is 0. The normalized spacial score (nSPS) is 14.2. The summed E-state index contributed by atoms with van der Waals surface area (Å²) >= 11 is 6.79. The average Bonchev–Trinajstić information content (AvgIpc) is 3.15. The van der Waals surface area contributed by atoms with Gasteiger partial charge in [0.05, 0.1) is 17.2 Å². The summed E-state index contributed by atoms with van der Waals surface area (Å²) < 4.78 is 12.0. The van der Waals surface area contributed by atoms with Crippen LogP contribution in [0.5, 0.6) is 11.5 Å². The van der Waals surface area contributed by atoms with Crippen molar-refractivity contribution in [1.82, 2.24) is 0 Å². The van der Waals surface area contributed by atoms with Crippen LogP contribution in [0, 0.1) is 27.7 Å². The molecule has 1 aliphatic rings. The smallest absolute Gasteiger partial charge is 0.270 e. The van der Waals surface area contributed by atoms with Crippen molar-refractivity contribution < 1.29 is 19.1 Å². The summed E-state index contributed by atoms with van der Waals surface area (Å²) in [6.07, 6.45) is 1.79. The molecule has 2 amide bonds. The lowest BCUT2D eigenvalue weighted by atomic mass is 10.1. The number of nitrogens with zero attached hydrogens (tertiary/aromatic N) is 1. The number of ether oxygens (including phenoxy) is 2. The molecule has 0 atom stereocenters. The van der Waals surface area contributed by atoms with E-state index in [9.17, 15) is 9.59 Å². The number of thioether (sulfide) groups is 1. The Balaban J connectivity index is 1.48. The van der Waals surface area contributed by atoms with Gasteiger partial charge in [-0.05, 0) is 105 Å². The SMILES string of the molecule is CCOc1cc(/C=C2\SC(=S)N(c3ccc(C)c(C)c3)C2=O)ccc1OCC(=O)Nc1ccc(C)c(C)c1. The van der Waals surface area contributed by atoms with E-state index in [1.54, 1.807) is 23.1 Å². The van der Waals surface area contributed by atoms with Crippen molar-refractivity contribution >= 4 is 57.6 Å². The number of carbonyl (C=O) groups is 2. The number of carbonyl (C=O) groups excluding carboxylic acids is 2. The first-order valence-corrected chi connectivity index (χ1v) is 13.5. The van der Waals surface area contributed by atoms with E-state index in [0.29, 0.717) is 27.3 Å². The highest BCUT2D eigenvalue weighted by molar-refractivity contribution is 8.27. The van der Waals surface area contributed by atoms with Gasteiger partial charge in [-0.25, -0.2) is 0 Å². The molecule has 0 unspecified atom stereocenters. The summed E-state index contributed by atoms with van der Waals surface area (Å²) in [6.45, 7) is 10.2. The molecule has 3 aromatic rings. The second-order valence-corrected chi connectivity index (χ2v) is 10.7. The van der Waals surface area contributed by atoms with Crippen molar-refractivity contribution in [1.29, 1.82) is 0 Å². The Morgan fingerprint density at radius 3 is 2.32 bits per heavy atom. The molecule has 0 spiro atoms. The van der Waals surface area contributed by atoms with E-state index in [1.807, 2.05) is 77.1 Å². The molecule has 6 nitrogen and oxygen atoms in total. The maximum Gasteiger partial charge on any atom is 0.270 e. The topological polar surface area (TPSA) is 67.9 Å². The van der Waals surface area contributed by atoms with E-state index in [-0.39, 0.29) is 18.4 Å². The fraction of sp³-hybridized carbons (Fsp3) is 0.233. The van der Waals surface area contributed by atoms with Gasteiger partial charge in [0.15, 0.2) is 22.4 Å². The van der Waals surface area contributed by atoms with Gasteiger partial charge < -0.3 is 14.8 Å². The van der Waals surface area contributed by atoms with E-state index < -0.39 is 0 Å². The zero-order valence-electron chi connectivity index (χ0n) is 22.1. The zero-order valence-corrected chi connectivity index (χ0v) is 23.7. The van der Waals surface area contributed by atoms with E-state index in [2.05, 4.69) is 5.32 Å². The molecule has 4 rings (SSSR count). The highest BCUT2D eigenvalue weighted by atomic mass is 32.2. The first kappa shape index (κ1) is 27.4. The van der Waals surface area contributed by atoms with Crippen LogP contribution in [0.15, 0.2) is 59.5 Å². The quantitative estimate of drug-likeness (QED) is 0.249. The molecule has 1 saturated heterocycles. The molecule has 0 bridgehead atoms. The van der Waals surface area contributed by atoms with E-state index in [0.717, 1.165) is 39.2 Å². The molecule has 38 heavy (non-hydrogen) atoms. The molecule has 0 aromatic heterocycles. The summed E-state index contributed by atoms with van der Waals surface area (Å²) in [4.78, 5) is 27.8. The standard InChI is InChI=1S/C30H30N2O4S2/c1-6-35-26-15-22(9-12-25(26)36-17-28(33)31-23-10-7-18(2)20(4)13-23)16-27-29(34)32(30(37)38-27)24-11-8-19(3)21(5)14-24/h7-16H,6,17H2,1-5H3,(H,31,33)/b27-16-. The lowest BCUT2D eigenvalue weighted by Gasteiger charge is -2.16. The van der Waals surface area contributed by atoms with E-state index in [1.165, 1.54) is 11.8 Å². The minimum Gasteiger partial charge on any atom is -0.490 e. The summed E-state index contributed by atoms with van der Waals surface area (Å²) in [5.74, 6) is 0.506. The van der Waals surface area contributed by atoms with Crippen molar-refractivity contribution in [2.24, 2.45) is 0 Å². The Hall–Kier alpha value is -3.62. The predicted molar refractivity (Wildman–Crippen MR) is 159 cm³/mol. The summed E-state index contributed by atoms with van der Waals surface area (Å²) in [6, 6.07) is 17.0. The van der Waals surface area contributed by atoms with Gasteiger partial charge in [0.25, 0.3) is 11.8 Å². The van der Waals surface area contributed by atoms with Gasteiger partial charge in [-0.1, -0.05) is 42.2 Å². The lowest BCUT2D eigenvalue weighted by Crippen LogP contribution is -2.27. The Kier molecular flexibility index (Phi) is 8.54. The number of hydrogen-bond acceptors (Lipinski definition) is 6. The molecule has 196 valence electrons. The Bertz CT molecular complexity index is 1450. The molecular weight excluding hydrogens is 516 g/mol. The molecule has 0 aliphatic carbocycles. The molecule has 1 heterocycles. The molecule has 1 N–H and O–H groups in total. The minimum absolute atomic E-state index is 0.162. The van der Waals surface area contributed by atoms with Crippen LogP contribution in [0.4, 0.5) is 11.4 Å². The maximum absolute atomic E-state index is 13.2. The first-order valence-electron chi connectivity index (χ1n) is 12.3. The predicted octanol–water partition coefficient (Wildman–Crippen LogP) is 6.74. The molecule has 8 heteroatoms. The van der Waals surface area contributed by atoms with Crippen LogP contribution in [-0.4, -0.2) is 29.3 Å². The number of benzene rings is 3. The third kappa shape index (κ3) is 6.26. The number of hydrogen-bond donors (Lipinski definition) is 1. The van der Waals surface area contributed by atoms with Crippen molar-refractivity contribution in [3.05, 3.63) is 87.3 Å². The van der Waals surface area contributed by atoms with E-state index in [4.69, 9.17) is 21.7 Å². The van der Waals surface area contributed by atoms with Gasteiger partial charge in [-0.2, -0.15) is 0 Å². The highest BCUT2D eigenvalue weighted by Crippen LogP contribution is 2.37. The molecule has 0 radical (unpaired) electrons. The van der Waals surface area contributed by atoms with Crippen molar-refractivity contribution in [2.75, 3.05) is 23.4 Å². The monoisotopic (exact) mass is 546 g/mol. The molecule has 0 saturated carbocycles. The van der Waals surface area contributed by atoms with Gasteiger partial charge in [-0.15, -0.1) is 0 Å². The number of aryl methyl sites for hydroxylation is 4. The largest absolute Gasteiger partial charge is 0.490 e. The van der Waals surface area contributed by atoms with Gasteiger partial charge in [-0.3, -0.25) is 14.5 Å². The number of nitrogens with one attached hydrogen (secondary N) is 1. The third-order valence-electron chi connectivity index (χ3n) is 6.26. The summed E-state index contributed by atoms with van der Waals surface area (Å²) in [5, 5.41) is 2.85. The van der Waals surface area contributed by atoms with Crippen LogP contribution in [0.3, 0.4) is 0 Å². The first-order chi connectivity index (χ1) is 18.2. The Morgan fingerprint density at radius 1 is 0.921 bits per heavy atom. The second-order valence-electron chi connectivity index (χ2n) is 9.06. The van der Waals surface area contributed by atoms with Crippen molar-refractivity contribution in [3.8, 4) is 11.5 Å². The van der Waals surface area contributed by atoms with Gasteiger partial charge in [0.1, 0.15) is 0 Å². The van der Waals surface area contributed by atoms with Gasteiger partial charge in [0.2, 0.25) is 0 Å². The fourth-order valence-electron chi connectivity index (χ4n) is 3.87. The number of amides is 2. The maximum atomic E-state index is 13.2. The van der Waals surface area contributed by atoms with Crippen molar-refractivity contribution in [2.45, 2.75) is 34.6 Å². The van der Waals surface area contributed by atoms with Crippen LogP contribution in [0.25, 0.3) is 6.08 Å². The Labute approximate surface area is 233 Å². The number of anilines is 2. The van der Waals surface area contributed by atoms with Gasteiger partial charge in [0, 0.05) is 5.69 Å². The number of thiocarbonyl (C=S) groups is 1. The molecule has 1 aliphatic heterocycles. The van der Waals surface area contributed by atoms with Crippen LogP contribution in [0.1, 0.15) is 34.7 Å². The molecule has 1 fully saturated rings. The van der Waals surface area contributed by atoms with Gasteiger partial charge >= 0.3 is 0 Å². The van der Waals surface area contributed by atoms with E-state index >= 15 is 0 Å². The summed E-state index contributed by atoms with van der Waals surface area (Å²) in [5.41, 5.74) is 6.76. The lowest BCUT2D eigenvalue weighted by molar-refractivity contribution is -0.118. The highest BCUT2D eigenvalue weighted by Gasteiger charge is 2.33. The Morgan fingerprint density at radius 2 is 1.63 bits per heavy atom. The average molecular weight is 547 g/mol. The second kappa shape index (κ2) is 11.8. The van der Waals surface area contributed by atoms with Crippen LogP contribution < -0.4 is 19.7 Å². The molecule has 3 aromatic carbocycles. The van der Waals surface area contributed by atoms with Crippen LogP contribution >= 0.6 is 24.0 Å². The van der Waals surface area contributed by atoms with Crippen LogP contribution in [0.2, 0.25) is 0 Å². The van der Waals surface area contributed by atoms with Crippen molar-refractivity contribution in [3.63, 3.8) is 0 Å². The zero-order chi connectivity index (χ0) is 27.4. The van der Waals surface area contributed by atoms with Crippen LogP contribution in [-0.2, 0) is 9.59 Å².